The molecule has 0 aliphatic carbocycles. The quantitative estimate of drug-likeness (QED) is 0.714. The average molecular weight is 293 g/mol. The minimum absolute atomic E-state index is 0.0289. The number of likely N-dealkylation sites (N-methyl/N-ethyl adjacent to an activating group) is 1. The van der Waals surface area contributed by atoms with E-state index in [9.17, 15) is 9.59 Å². The SMILES string of the molecule is COCCN(C)CCNC(=O)Nc1cccc(C(C)=O)c1. The van der Waals surface area contributed by atoms with E-state index in [-0.39, 0.29) is 11.8 Å². The Morgan fingerprint density at radius 3 is 2.71 bits per heavy atom. The summed E-state index contributed by atoms with van der Waals surface area (Å²) in [5, 5.41) is 5.48. The molecule has 0 saturated carbocycles. The summed E-state index contributed by atoms with van der Waals surface area (Å²) >= 11 is 0. The highest BCUT2D eigenvalue weighted by Crippen LogP contribution is 2.10. The monoisotopic (exact) mass is 293 g/mol. The molecule has 6 heteroatoms. The smallest absolute Gasteiger partial charge is 0.319 e. The first-order valence-corrected chi connectivity index (χ1v) is 6.86. The predicted octanol–water partition coefficient (Wildman–Crippen LogP) is 1.59. The van der Waals surface area contributed by atoms with E-state index in [0.29, 0.717) is 24.4 Å². The summed E-state index contributed by atoms with van der Waals surface area (Å²) in [7, 11) is 3.63. The second-order valence-corrected chi connectivity index (χ2v) is 4.81. The Labute approximate surface area is 125 Å². The van der Waals surface area contributed by atoms with Gasteiger partial charge in [-0.05, 0) is 26.1 Å². The number of amides is 2. The first-order chi connectivity index (χ1) is 10.0. The molecule has 116 valence electrons. The second-order valence-electron chi connectivity index (χ2n) is 4.81. The molecule has 0 fully saturated rings. The van der Waals surface area contributed by atoms with Gasteiger partial charge >= 0.3 is 6.03 Å². The average Bonchev–Trinajstić information content (AvgIpc) is 2.45. The summed E-state index contributed by atoms with van der Waals surface area (Å²) in [4.78, 5) is 25.1. The Morgan fingerprint density at radius 2 is 2.05 bits per heavy atom. The molecule has 1 aromatic carbocycles. The van der Waals surface area contributed by atoms with Gasteiger partial charge in [0.1, 0.15) is 0 Å². The fraction of sp³-hybridized carbons (Fsp3) is 0.467. The molecule has 0 heterocycles. The summed E-state index contributed by atoms with van der Waals surface area (Å²) in [6.45, 7) is 4.26. The first-order valence-electron chi connectivity index (χ1n) is 6.86. The Hall–Kier alpha value is -1.92. The van der Waals surface area contributed by atoms with E-state index in [0.717, 1.165) is 13.1 Å². The number of Topliss-reactive ketones (excluding diaryl/α,β-unsaturated/α-hetero) is 1. The van der Waals surface area contributed by atoms with Crippen LogP contribution in [0.15, 0.2) is 24.3 Å². The first kappa shape index (κ1) is 17.1. The van der Waals surface area contributed by atoms with Crippen LogP contribution in [-0.2, 0) is 4.74 Å². The Bertz CT molecular complexity index is 477. The normalized spacial score (nSPS) is 10.5. The summed E-state index contributed by atoms with van der Waals surface area (Å²) in [5.41, 5.74) is 1.18. The molecule has 6 nitrogen and oxygen atoms in total. The van der Waals surface area contributed by atoms with Crippen molar-refractivity contribution < 1.29 is 14.3 Å². The number of urea groups is 1. The zero-order valence-electron chi connectivity index (χ0n) is 12.8. The van der Waals surface area contributed by atoms with Crippen molar-refractivity contribution in [3.63, 3.8) is 0 Å². The van der Waals surface area contributed by atoms with E-state index in [1.807, 2.05) is 7.05 Å². The van der Waals surface area contributed by atoms with Crippen LogP contribution in [0, 0.1) is 0 Å². The lowest BCUT2D eigenvalue weighted by Crippen LogP contribution is -2.36. The van der Waals surface area contributed by atoms with Gasteiger partial charge in [-0.25, -0.2) is 4.79 Å². The van der Waals surface area contributed by atoms with Crippen LogP contribution in [0.3, 0.4) is 0 Å². The summed E-state index contributed by atoms with van der Waals surface area (Å²) in [5.74, 6) is -0.0289. The lowest BCUT2D eigenvalue weighted by Gasteiger charge is -2.16. The Balaban J connectivity index is 2.33. The number of hydrogen-bond acceptors (Lipinski definition) is 4. The highest BCUT2D eigenvalue weighted by Gasteiger charge is 2.05. The highest BCUT2D eigenvalue weighted by atomic mass is 16.5. The van der Waals surface area contributed by atoms with Gasteiger partial charge in [0.25, 0.3) is 0 Å². The van der Waals surface area contributed by atoms with E-state index >= 15 is 0 Å². The molecule has 2 N–H and O–H groups in total. The highest BCUT2D eigenvalue weighted by molar-refractivity contribution is 5.96. The number of nitrogens with zero attached hydrogens (tertiary/aromatic N) is 1. The zero-order valence-corrected chi connectivity index (χ0v) is 12.8. The third-order valence-corrected chi connectivity index (χ3v) is 2.98. The molecule has 0 saturated heterocycles. The molecule has 1 aromatic rings. The zero-order chi connectivity index (χ0) is 15.7. The molecule has 2 amide bonds. The second kappa shape index (κ2) is 9.10. The lowest BCUT2D eigenvalue weighted by atomic mass is 10.1. The molecule has 0 radical (unpaired) electrons. The van der Waals surface area contributed by atoms with Crippen molar-refractivity contribution in [1.29, 1.82) is 0 Å². The number of rotatable bonds is 8. The molecule has 0 bridgehead atoms. The topological polar surface area (TPSA) is 70.7 Å². The molecule has 21 heavy (non-hydrogen) atoms. The van der Waals surface area contributed by atoms with Gasteiger partial charge in [0.15, 0.2) is 5.78 Å². The van der Waals surface area contributed by atoms with Gasteiger partial charge in [-0.15, -0.1) is 0 Å². The summed E-state index contributed by atoms with van der Waals surface area (Å²) in [6, 6.07) is 6.58. The minimum atomic E-state index is -0.282. The number of ketones is 1. The summed E-state index contributed by atoms with van der Waals surface area (Å²) in [6.07, 6.45) is 0. The van der Waals surface area contributed by atoms with Gasteiger partial charge in [0.05, 0.1) is 6.61 Å². The van der Waals surface area contributed by atoms with Crippen molar-refractivity contribution in [2.75, 3.05) is 45.7 Å². The number of anilines is 1. The molecule has 0 aromatic heterocycles. The number of hydrogen-bond donors (Lipinski definition) is 2. The Morgan fingerprint density at radius 1 is 1.29 bits per heavy atom. The van der Waals surface area contributed by atoms with Gasteiger partial charge in [-0.1, -0.05) is 12.1 Å². The molecule has 0 aliphatic rings. The van der Waals surface area contributed by atoms with Crippen LogP contribution in [-0.4, -0.2) is 57.1 Å². The van der Waals surface area contributed by atoms with Gasteiger partial charge < -0.3 is 20.3 Å². The molecule has 0 atom stereocenters. The molecule has 1 rings (SSSR count). The van der Waals surface area contributed by atoms with Gasteiger partial charge in [0, 0.05) is 38.0 Å². The molecular formula is C15H23N3O3. The van der Waals surface area contributed by atoms with Crippen LogP contribution in [0.5, 0.6) is 0 Å². The largest absolute Gasteiger partial charge is 0.383 e. The van der Waals surface area contributed by atoms with Crippen molar-refractivity contribution in [3.8, 4) is 0 Å². The van der Waals surface area contributed by atoms with E-state index in [4.69, 9.17) is 4.74 Å². The number of benzene rings is 1. The number of carbonyl (C=O) groups is 2. The molecule has 0 aliphatic heterocycles. The van der Waals surface area contributed by atoms with Crippen LogP contribution >= 0.6 is 0 Å². The molecule has 0 spiro atoms. The van der Waals surface area contributed by atoms with E-state index in [1.54, 1.807) is 31.4 Å². The van der Waals surface area contributed by atoms with Crippen LogP contribution in [0.2, 0.25) is 0 Å². The van der Waals surface area contributed by atoms with Crippen LogP contribution in [0.25, 0.3) is 0 Å². The maximum Gasteiger partial charge on any atom is 0.319 e. The third-order valence-electron chi connectivity index (χ3n) is 2.98. The Kier molecular flexibility index (Phi) is 7.42. The van der Waals surface area contributed by atoms with Gasteiger partial charge in [-0.3, -0.25) is 4.79 Å². The van der Waals surface area contributed by atoms with Crippen molar-refractivity contribution in [1.82, 2.24) is 10.2 Å². The van der Waals surface area contributed by atoms with Gasteiger partial charge in [-0.2, -0.15) is 0 Å². The third kappa shape index (κ3) is 6.87. The fourth-order valence-corrected chi connectivity index (χ4v) is 1.71. The number of carbonyl (C=O) groups excluding carboxylic acids is 2. The maximum absolute atomic E-state index is 11.7. The summed E-state index contributed by atoms with van der Waals surface area (Å²) < 4.78 is 4.98. The number of methoxy groups -OCH3 is 1. The lowest BCUT2D eigenvalue weighted by molar-refractivity contribution is 0.101. The standard InChI is InChI=1S/C15H23N3O3/c1-12(19)13-5-4-6-14(11-13)17-15(20)16-7-8-18(2)9-10-21-3/h4-6,11H,7-10H2,1-3H3,(H2,16,17,20). The van der Waals surface area contributed by atoms with Crippen LogP contribution in [0.1, 0.15) is 17.3 Å². The van der Waals surface area contributed by atoms with E-state index in [1.165, 1.54) is 6.92 Å². The molecular weight excluding hydrogens is 270 g/mol. The van der Waals surface area contributed by atoms with E-state index in [2.05, 4.69) is 15.5 Å². The van der Waals surface area contributed by atoms with Crippen molar-refractivity contribution >= 4 is 17.5 Å². The molecule has 0 unspecified atom stereocenters. The van der Waals surface area contributed by atoms with E-state index < -0.39 is 0 Å². The van der Waals surface area contributed by atoms with Crippen molar-refractivity contribution in [3.05, 3.63) is 29.8 Å². The minimum Gasteiger partial charge on any atom is -0.383 e. The van der Waals surface area contributed by atoms with Crippen LogP contribution < -0.4 is 10.6 Å². The fourth-order valence-electron chi connectivity index (χ4n) is 1.71. The van der Waals surface area contributed by atoms with Gasteiger partial charge in [0.2, 0.25) is 0 Å². The maximum atomic E-state index is 11.7. The number of nitrogens with one attached hydrogen (secondary N) is 2. The number of ether oxygens (including phenoxy) is 1. The van der Waals surface area contributed by atoms with Crippen LogP contribution in [0.4, 0.5) is 10.5 Å². The van der Waals surface area contributed by atoms with Crippen molar-refractivity contribution in [2.24, 2.45) is 0 Å². The van der Waals surface area contributed by atoms with Crippen molar-refractivity contribution in [2.45, 2.75) is 6.92 Å². The predicted molar refractivity (Wildman–Crippen MR) is 82.8 cm³/mol.